The number of aryl methyl sites for hydroxylation is 1. The van der Waals surface area contributed by atoms with Gasteiger partial charge >= 0.3 is 0 Å². The highest BCUT2D eigenvalue weighted by atomic mass is 16.1. The lowest BCUT2D eigenvalue weighted by molar-refractivity contribution is 0.0956. The number of nitrogens with zero attached hydrogens (tertiary/aromatic N) is 3. The molecule has 0 saturated carbocycles. The maximum absolute atomic E-state index is 12.1. The molecule has 0 aliphatic heterocycles. The van der Waals surface area contributed by atoms with Crippen LogP contribution in [0.5, 0.6) is 0 Å². The van der Waals surface area contributed by atoms with Crippen LogP contribution in [0.4, 0.5) is 0 Å². The molecule has 1 aromatic rings. The van der Waals surface area contributed by atoms with Crippen LogP contribution < -0.4 is 0 Å². The Hall–Kier alpha value is -1.16. The minimum Gasteiger partial charge on any atom is -0.303 e. The maximum atomic E-state index is 12.1. The van der Waals surface area contributed by atoms with E-state index in [4.69, 9.17) is 0 Å². The molecule has 1 heterocycles. The summed E-state index contributed by atoms with van der Waals surface area (Å²) in [5.41, 5.74) is 0.749. The highest BCUT2D eigenvalue weighted by Crippen LogP contribution is 2.05. The first kappa shape index (κ1) is 13.9. The molecule has 4 nitrogen and oxygen atoms in total. The second kappa shape index (κ2) is 7.22. The lowest BCUT2D eigenvalue weighted by Crippen LogP contribution is -2.26. The second-order valence-corrected chi connectivity index (χ2v) is 4.14. The number of carbonyl (C=O) groups excluding carboxylic acids is 1. The first-order valence-electron chi connectivity index (χ1n) is 6.50. The van der Waals surface area contributed by atoms with E-state index in [1.54, 1.807) is 6.20 Å². The van der Waals surface area contributed by atoms with E-state index in [1.807, 2.05) is 10.7 Å². The van der Waals surface area contributed by atoms with Crippen LogP contribution in [0.3, 0.4) is 0 Å². The van der Waals surface area contributed by atoms with Gasteiger partial charge in [-0.3, -0.25) is 9.48 Å². The van der Waals surface area contributed by atoms with Crippen molar-refractivity contribution in [3.63, 3.8) is 0 Å². The van der Waals surface area contributed by atoms with Crippen molar-refractivity contribution in [3.8, 4) is 0 Å². The number of carbonyl (C=O) groups is 1. The summed E-state index contributed by atoms with van der Waals surface area (Å²) in [4.78, 5) is 14.3. The van der Waals surface area contributed by atoms with Crippen molar-refractivity contribution in [2.75, 3.05) is 19.6 Å². The number of ketones is 1. The molecule has 1 rings (SSSR count). The SMILES string of the molecule is CCCn1nccc1C(=O)CCN(CC)CC. The van der Waals surface area contributed by atoms with Gasteiger partial charge in [-0.2, -0.15) is 5.10 Å². The molecule has 0 atom stereocenters. The first-order chi connectivity index (χ1) is 8.22. The van der Waals surface area contributed by atoms with Gasteiger partial charge in [0.25, 0.3) is 0 Å². The molecule has 0 radical (unpaired) electrons. The Kier molecular flexibility index (Phi) is 5.91. The summed E-state index contributed by atoms with van der Waals surface area (Å²) in [6.07, 6.45) is 3.29. The summed E-state index contributed by atoms with van der Waals surface area (Å²) < 4.78 is 1.81. The van der Waals surface area contributed by atoms with Crippen LogP contribution in [0.15, 0.2) is 12.3 Å². The number of aromatic nitrogens is 2. The highest BCUT2D eigenvalue weighted by molar-refractivity contribution is 5.94. The molecule has 0 N–H and O–H groups in total. The average Bonchev–Trinajstić information content (AvgIpc) is 2.79. The quantitative estimate of drug-likeness (QED) is 0.651. The van der Waals surface area contributed by atoms with E-state index >= 15 is 0 Å². The predicted octanol–water partition coefficient (Wildman–Crippen LogP) is 2.21. The number of hydrogen-bond acceptors (Lipinski definition) is 3. The van der Waals surface area contributed by atoms with Gasteiger partial charge < -0.3 is 4.90 Å². The monoisotopic (exact) mass is 237 g/mol. The third kappa shape index (κ3) is 3.97. The molecule has 96 valence electrons. The van der Waals surface area contributed by atoms with Crippen molar-refractivity contribution in [3.05, 3.63) is 18.0 Å². The highest BCUT2D eigenvalue weighted by Gasteiger charge is 2.12. The van der Waals surface area contributed by atoms with Gasteiger partial charge in [0.2, 0.25) is 0 Å². The molecule has 0 amide bonds. The van der Waals surface area contributed by atoms with Gasteiger partial charge in [0.05, 0.1) is 0 Å². The van der Waals surface area contributed by atoms with E-state index in [0.29, 0.717) is 6.42 Å². The fourth-order valence-corrected chi connectivity index (χ4v) is 1.89. The summed E-state index contributed by atoms with van der Waals surface area (Å²) in [6.45, 7) is 9.98. The summed E-state index contributed by atoms with van der Waals surface area (Å²) in [6, 6.07) is 1.82. The lowest BCUT2D eigenvalue weighted by atomic mass is 10.2. The fraction of sp³-hybridized carbons (Fsp3) is 0.692. The molecule has 0 fully saturated rings. The molecule has 0 aromatic carbocycles. The Labute approximate surface area is 104 Å². The third-order valence-electron chi connectivity index (χ3n) is 2.99. The van der Waals surface area contributed by atoms with Crippen LogP contribution in [0.2, 0.25) is 0 Å². The first-order valence-corrected chi connectivity index (χ1v) is 6.50. The molecule has 0 bridgehead atoms. The largest absolute Gasteiger partial charge is 0.303 e. The Morgan fingerprint density at radius 3 is 2.65 bits per heavy atom. The van der Waals surface area contributed by atoms with Crippen molar-refractivity contribution in [2.24, 2.45) is 0 Å². The fourth-order valence-electron chi connectivity index (χ4n) is 1.89. The van der Waals surface area contributed by atoms with Gasteiger partial charge in [-0.25, -0.2) is 0 Å². The zero-order valence-electron chi connectivity index (χ0n) is 11.1. The molecule has 0 aliphatic rings. The molecular weight excluding hydrogens is 214 g/mol. The van der Waals surface area contributed by atoms with Crippen LogP contribution in [0.25, 0.3) is 0 Å². The number of hydrogen-bond donors (Lipinski definition) is 0. The second-order valence-electron chi connectivity index (χ2n) is 4.14. The summed E-state index contributed by atoms with van der Waals surface area (Å²) in [5, 5.41) is 4.18. The average molecular weight is 237 g/mol. The van der Waals surface area contributed by atoms with Crippen molar-refractivity contribution in [2.45, 2.75) is 40.2 Å². The van der Waals surface area contributed by atoms with Crippen LogP contribution >= 0.6 is 0 Å². The van der Waals surface area contributed by atoms with E-state index in [2.05, 4.69) is 30.8 Å². The van der Waals surface area contributed by atoms with Gasteiger partial charge in [-0.15, -0.1) is 0 Å². The summed E-state index contributed by atoms with van der Waals surface area (Å²) in [5.74, 6) is 0.197. The molecule has 0 aliphatic carbocycles. The van der Waals surface area contributed by atoms with Gasteiger partial charge in [0.1, 0.15) is 5.69 Å². The van der Waals surface area contributed by atoms with Crippen molar-refractivity contribution in [1.82, 2.24) is 14.7 Å². The Balaban J connectivity index is 2.54. The van der Waals surface area contributed by atoms with Crippen LogP contribution in [0.1, 0.15) is 44.1 Å². The van der Waals surface area contributed by atoms with Gasteiger partial charge in [-0.05, 0) is 25.6 Å². The third-order valence-corrected chi connectivity index (χ3v) is 2.99. The minimum absolute atomic E-state index is 0.197. The van der Waals surface area contributed by atoms with Gasteiger partial charge in [0, 0.05) is 25.7 Å². The smallest absolute Gasteiger partial charge is 0.182 e. The van der Waals surface area contributed by atoms with E-state index in [1.165, 1.54) is 0 Å². The zero-order valence-corrected chi connectivity index (χ0v) is 11.1. The van der Waals surface area contributed by atoms with Gasteiger partial charge in [-0.1, -0.05) is 20.8 Å². The van der Waals surface area contributed by atoms with E-state index in [0.717, 1.165) is 38.3 Å². The molecule has 0 spiro atoms. The molecule has 0 saturated heterocycles. The normalized spacial score (nSPS) is 11.1. The van der Waals surface area contributed by atoms with Crippen LogP contribution in [0, 0.1) is 0 Å². The Morgan fingerprint density at radius 1 is 1.35 bits per heavy atom. The van der Waals surface area contributed by atoms with E-state index in [-0.39, 0.29) is 5.78 Å². The zero-order chi connectivity index (χ0) is 12.7. The molecule has 4 heteroatoms. The topological polar surface area (TPSA) is 38.1 Å². The summed E-state index contributed by atoms with van der Waals surface area (Å²) >= 11 is 0. The molecular formula is C13H23N3O. The van der Waals surface area contributed by atoms with Crippen LogP contribution in [-0.4, -0.2) is 40.1 Å². The van der Waals surface area contributed by atoms with E-state index in [9.17, 15) is 4.79 Å². The van der Waals surface area contributed by atoms with Crippen molar-refractivity contribution in [1.29, 1.82) is 0 Å². The van der Waals surface area contributed by atoms with E-state index < -0.39 is 0 Å². The minimum atomic E-state index is 0.197. The Morgan fingerprint density at radius 2 is 2.06 bits per heavy atom. The number of Topliss-reactive ketones (excluding diaryl/α,β-unsaturated/α-hetero) is 1. The standard InChI is InChI=1S/C13H23N3O/c1-4-10-16-12(7-9-14-16)13(17)8-11-15(5-2)6-3/h7,9H,4-6,8,10-11H2,1-3H3. The molecule has 1 aromatic heterocycles. The summed E-state index contributed by atoms with van der Waals surface area (Å²) in [7, 11) is 0. The lowest BCUT2D eigenvalue weighted by Gasteiger charge is -2.17. The predicted molar refractivity (Wildman–Crippen MR) is 69.3 cm³/mol. The molecule has 0 unspecified atom stereocenters. The van der Waals surface area contributed by atoms with Crippen molar-refractivity contribution < 1.29 is 4.79 Å². The van der Waals surface area contributed by atoms with Crippen LogP contribution in [-0.2, 0) is 6.54 Å². The Bertz CT molecular complexity index is 342. The maximum Gasteiger partial charge on any atom is 0.182 e. The number of rotatable bonds is 8. The van der Waals surface area contributed by atoms with Crippen molar-refractivity contribution >= 4 is 5.78 Å². The van der Waals surface area contributed by atoms with Gasteiger partial charge in [0.15, 0.2) is 5.78 Å². The molecule has 17 heavy (non-hydrogen) atoms.